The topological polar surface area (TPSA) is 20.2 Å². The molecule has 0 aliphatic rings. The van der Waals surface area contributed by atoms with Crippen molar-refractivity contribution < 1.29 is 5.11 Å². The normalized spacial score (nSPS) is 12.8. The fourth-order valence-corrected chi connectivity index (χ4v) is 3.56. The van der Waals surface area contributed by atoms with Crippen LogP contribution in [0.4, 0.5) is 0 Å². The number of halogens is 2. The smallest absolute Gasteiger partial charge is 0.105 e. The maximum atomic E-state index is 10.2. The SMILES string of the molecule is Cc1sc(Br)cc1C(O)c1ccc(Br)cc1. The molecule has 1 heterocycles. The lowest BCUT2D eigenvalue weighted by atomic mass is 10.0. The standard InChI is InChI=1S/C12H10Br2OS/c1-7-10(6-11(14)16-7)12(15)8-2-4-9(13)5-3-8/h2-6,12,15H,1H3. The molecular weight excluding hydrogens is 352 g/mol. The molecule has 1 unspecified atom stereocenters. The van der Waals surface area contributed by atoms with Crippen LogP contribution in [0.3, 0.4) is 0 Å². The highest BCUT2D eigenvalue weighted by Crippen LogP contribution is 2.33. The fourth-order valence-electron chi connectivity index (χ4n) is 1.55. The van der Waals surface area contributed by atoms with Crippen LogP contribution in [0, 0.1) is 6.92 Å². The summed E-state index contributed by atoms with van der Waals surface area (Å²) >= 11 is 8.46. The van der Waals surface area contributed by atoms with E-state index in [1.807, 2.05) is 37.3 Å². The summed E-state index contributed by atoms with van der Waals surface area (Å²) in [6.07, 6.45) is -0.546. The van der Waals surface area contributed by atoms with E-state index in [1.54, 1.807) is 11.3 Å². The summed E-state index contributed by atoms with van der Waals surface area (Å²) < 4.78 is 2.07. The molecule has 0 saturated heterocycles. The van der Waals surface area contributed by atoms with Crippen LogP contribution in [-0.2, 0) is 0 Å². The van der Waals surface area contributed by atoms with Gasteiger partial charge in [-0.05, 0) is 52.2 Å². The van der Waals surface area contributed by atoms with E-state index >= 15 is 0 Å². The third-order valence-corrected chi connectivity index (χ3v) is 4.50. The van der Waals surface area contributed by atoms with Crippen molar-refractivity contribution in [3.8, 4) is 0 Å². The maximum absolute atomic E-state index is 10.2. The second-order valence-electron chi connectivity index (χ2n) is 3.52. The quantitative estimate of drug-likeness (QED) is 0.824. The van der Waals surface area contributed by atoms with Gasteiger partial charge in [0.15, 0.2) is 0 Å². The zero-order valence-corrected chi connectivity index (χ0v) is 12.6. The number of benzene rings is 1. The minimum absolute atomic E-state index is 0.546. The summed E-state index contributed by atoms with van der Waals surface area (Å²) in [5.74, 6) is 0. The van der Waals surface area contributed by atoms with Crippen LogP contribution in [0.25, 0.3) is 0 Å². The van der Waals surface area contributed by atoms with Crippen LogP contribution in [0.15, 0.2) is 38.6 Å². The molecular formula is C12H10Br2OS. The number of aliphatic hydroxyl groups is 1. The number of aliphatic hydroxyl groups excluding tert-OH is 1. The Morgan fingerprint density at radius 2 is 1.81 bits per heavy atom. The Hall–Kier alpha value is -0.160. The van der Waals surface area contributed by atoms with Crippen molar-refractivity contribution in [2.75, 3.05) is 0 Å². The lowest BCUT2D eigenvalue weighted by molar-refractivity contribution is 0.220. The van der Waals surface area contributed by atoms with Crippen molar-refractivity contribution >= 4 is 43.2 Å². The van der Waals surface area contributed by atoms with E-state index in [1.165, 1.54) is 0 Å². The largest absolute Gasteiger partial charge is 0.384 e. The average molecular weight is 362 g/mol. The third-order valence-electron chi connectivity index (χ3n) is 2.41. The van der Waals surface area contributed by atoms with Crippen LogP contribution in [0.2, 0.25) is 0 Å². The molecule has 84 valence electrons. The van der Waals surface area contributed by atoms with Gasteiger partial charge in [-0.25, -0.2) is 0 Å². The monoisotopic (exact) mass is 360 g/mol. The minimum Gasteiger partial charge on any atom is -0.384 e. The van der Waals surface area contributed by atoms with Gasteiger partial charge in [0.1, 0.15) is 6.10 Å². The van der Waals surface area contributed by atoms with E-state index in [2.05, 4.69) is 31.9 Å². The van der Waals surface area contributed by atoms with Gasteiger partial charge in [-0.15, -0.1) is 11.3 Å². The highest BCUT2D eigenvalue weighted by atomic mass is 79.9. The number of rotatable bonds is 2. The average Bonchev–Trinajstić information content (AvgIpc) is 2.58. The van der Waals surface area contributed by atoms with Gasteiger partial charge in [0.05, 0.1) is 3.79 Å². The van der Waals surface area contributed by atoms with Gasteiger partial charge in [-0.1, -0.05) is 28.1 Å². The molecule has 0 aliphatic carbocycles. The van der Waals surface area contributed by atoms with Crippen molar-refractivity contribution in [1.82, 2.24) is 0 Å². The summed E-state index contributed by atoms with van der Waals surface area (Å²) in [7, 11) is 0. The second kappa shape index (κ2) is 5.00. The van der Waals surface area contributed by atoms with Gasteiger partial charge in [-0.3, -0.25) is 0 Å². The zero-order valence-electron chi connectivity index (χ0n) is 8.58. The number of hydrogen-bond acceptors (Lipinski definition) is 2. The van der Waals surface area contributed by atoms with E-state index < -0.39 is 6.10 Å². The van der Waals surface area contributed by atoms with Crippen LogP contribution in [0.1, 0.15) is 22.1 Å². The molecule has 2 aromatic rings. The number of thiophene rings is 1. The Kier molecular flexibility index (Phi) is 3.85. The van der Waals surface area contributed by atoms with Gasteiger partial charge < -0.3 is 5.11 Å². The molecule has 0 bridgehead atoms. The van der Waals surface area contributed by atoms with Crippen molar-refractivity contribution in [2.24, 2.45) is 0 Å². The predicted octanol–water partition coefficient (Wildman–Crippen LogP) is 4.66. The lowest BCUT2D eigenvalue weighted by Crippen LogP contribution is -1.99. The first-order valence-corrected chi connectivity index (χ1v) is 7.17. The Morgan fingerprint density at radius 3 is 2.31 bits per heavy atom. The Bertz CT molecular complexity index is 490. The maximum Gasteiger partial charge on any atom is 0.105 e. The highest BCUT2D eigenvalue weighted by molar-refractivity contribution is 9.11. The third kappa shape index (κ3) is 2.56. The molecule has 0 spiro atoms. The summed E-state index contributed by atoms with van der Waals surface area (Å²) in [6, 6.07) is 9.72. The molecule has 16 heavy (non-hydrogen) atoms. The molecule has 0 radical (unpaired) electrons. The molecule has 4 heteroatoms. The molecule has 1 aromatic heterocycles. The van der Waals surface area contributed by atoms with Gasteiger partial charge >= 0.3 is 0 Å². The molecule has 0 aliphatic heterocycles. The molecule has 1 N–H and O–H groups in total. The van der Waals surface area contributed by atoms with E-state index in [0.717, 1.165) is 24.3 Å². The van der Waals surface area contributed by atoms with Crippen molar-refractivity contribution in [3.63, 3.8) is 0 Å². The van der Waals surface area contributed by atoms with E-state index in [9.17, 15) is 5.11 Å². The summed E-state index contributed by atoms with van der Waals surface area (Å²) in [6.45, 7) is 2.02. The van der Waals surface area contributed by atoms with Crippen LogP contribution in [0.5, 0.6) is 0 Å². The van der Waals surface area contributed by atoms with E-state index in [0.29, 0.717) is 0 Å². The van der Waals surface area contributed by atoms with Crippen LogP contribution >= 0.6 is 43.2 Å². The first-order valence-electron chi connectivity index (χ1n) is 4.77. The molecule has 2 rings (SSSR count). The van der Waals surface area contributed by atoms with E-state index in [-0.39, 0.29) is 0 Å². The fraction of sp³-hybridized carbons (Fsp3) is 0.167. The van der Waals surface area contributed by atoms with Gasteiger partial charge in [0.25, 0.3) is 0 Å². The molecule has 0 fully saturated rings. The molecule has 1 nitrogen and oxygen atoms in total. The number of hydrogen-bond donors (Lipinski definition) is 1. The first kappa shape index (κ1) is 12.3. The highest BCUT2D eigenvalue weighted by Gasteiger charge is 2.15. The van der Waals surface area contributed by atoms with Gasteiger partial charge in [0, 0.05) is 9.35 Å². The second-order valence-corrected chi connectivity index (χ2v) is 7.07. The van der Waals surface area contributed by atoms with Crippen molar-refractivity contribution in [1.29, 1.82) is 0 Å². The van der Waals surface area contributed by atoms with Crippen LogP contribution < -0.4 is 0 Å². The molecule has 1 aromatic carbocycles. The Morgan fingerprint density at radius 1 is 1.19 bits per heavy atom. The lowest BCUT2D eigenvalue weighted by Gasteiger charge is -2.10. The zero-order chi connectivity index (χ0) is 11.7. The molecule has 0 amide bonds. The Labute approximate surface area is 115 Å². The minimum atomic E-state index is -0.546. The van der Waals surface area contributed by atoms with Crippen molar-refractivity contribution in [3.05, 3.63) is 54.6 Å². The predicted molar refractivity (Wildman–Crippen MR) is 75.0 cm³/mol. The number of aryl methyl sites for hydroxylation is 1. The van der Waals surface area contributed by atoms with Gasteiger partial charge in [-0.2, -0.15) is 0 Å². The molecule has 0 saturated carbocycles. The first-order chi connectivity index (χ1) is 7.58. The van der Waals surface area contributed by atoms with Gasteiger partial charge in [0.2, 0.25) is 0 Å². The molecule has 1 atom stereocenters. The summed E-state index contributed by atoms with van der Waals surface area (Å²) in [4.78, 5) is 1.14. The Balaban J connectivity index is 2.35. The summed E-state index contributed by atoms with van der Waals surface area (Å²) in [5, 5.41) is 10.2. The van der Waals surface area contributed by atoms with Crippen LogP contribution in [-0.4, -0.2) is 5.11 Å². The summed E-state index contributed by atoms with van der Waals surface area (Å²) in [5.41, 5.74) is 1.88. The van der Waals surface area contributed by atoms with Crippen molar-refractivity contribution in [2.45, 2.75) is 13.0 Å². The van der Waals surface area contributed by atoms with E-state index in [4.69, 9.17) is 0 Å².